The van der Waals surface area contributed by atoms with Crippen LogP contribution >= 0.6 is 0 Å². The van der Waals surface area contributed by atoms with Gasteiger partial charge in [0.1, 0.15) is 0 Å². The molecule has 2 heterocycles. The maximum atomic E-state index is 5.87. The van der Waals surface area contributed by atoms with E-state index in [1.54, 1.807) is 0 Å². The molecule has 0 aromatic carbocycles. The van der Waals surface area contributed by atoms with Gasteiger partial charge in [-0.05, 0) is 52.6 Å². The van der Waals surface area contributed by atoms with Gasteiger partial charge in [-0.2, -0.15) is 0 Å². The summed E-state index contributed by atoms with van der Waals surface area (Å²) >= 11 is 0. The predicted octanol–water partition coefficient (Wildman–Crippen LogP) is 2.89. The minimum absolute atomic E-state index is 0.412. The third-order valence-corrected chi connectivity index (χ3v) is 5.55. The van der Waals surface area contributed by atoms with Crippen LogP contribution in [-0.2, 0) is 4.74 Å². The van der Waals surface area contributed by atoms with Crippen LogP contribution in [0, 0.1) is 0 Å². The number of piperidine rings is 1. The highest BCUT2D eigenvalue weighted by atomic mass is 16.5. The van der Waals surface area contributed by atoms with E-state index in [2.05, 4.69) is 23.6 Å². The van der Waals surface area contributed by atoms with Crippen molar-refractivity contribution in [3.05, 3.63) is 0 Å². The van der Waals surface area contributed by atoms with Crippen molar-refractivity contribution < 1.29 is 4.74 Å². The first-order valence-corrected chi connectivity index (χ1v) is 8.86. The first-order chi connectivity index (χ1) is 9.72. The minimum atomic E-state index is 0.412. The monoisotopic (exact) mass is 280 g/mol. The van der Waals surface area contributed by atoms with E-state index in [4.69, 9.17) is 4.74 Å². The van der Waals surface area contributed by atoms with Gasteiger partial charge in [0.2, 0.25) is 0 Å². The average Bonchev–Trinajstić information content (AvgIpc) is 2.47. The lowest BCUT2D eigenvalue weighted by atomic mass is 9.91. The van der Waals surface area contributed by atoms with E-state index in [0.29, 0.717) is 12.2 Å². The third-order valence-electron chi connectivity index (χ3n) is 5.55. The molecule has 2 saturated heterocycles. The van der Waals surface area contributed by atoms with Gasteiger partial charge in [0.05, 0.1) is 12.2 Å². The Kier molecular flexibility index (Phi) is 5.00. The van der Waals surface area contributed by atoms with Gasteiger partial charge in [-0.15, -0.1) is 0 Å². The molecule has 1 aliphatic carbocycles. The second-order valence-electron chi connectivity index (χ2n) is 7.27. The summed E-state index contributed by atoms with van der Waals surface area (Å²) in [5, 5.41) is 0. The molecule has 2 aliphatic heterocycles. The van der Waals surface area contributed by atoms with Crippen LogP contribution in [0.4, 0.5) is 0 Å². The second kappa shape index (κ2) is 6.76. The summed E-state index contributed by atoms with van der Waals surface area (Å²) < 4.78 is 5.87. The first kappa shape index (κ1) is 14.8. The number of rotatable bonds is 2. The van der Waals surface area contributed by atoms with E-state index < -0.39 is 0 Å². The topological polar surface area (TPSA) is 15.7 Å². The Bertz CT molecular complexity index is 285. The molecule has 116 valence electrons. The molecule has 3 rings (SSSR count). The molecule has 0 N–H and O–H groups in total. The van der Waals surface area contributed by atoms with Gasteiger partial charge in [-0.3, -0.25) is 4.90 Å². The van der Waals surface area contributed by atoms with Gasteiger partial charge in [-0.25, -0.2) is 0 Å². The summed E-state index contributed by atoms with van der Waals surface area (Å²) in [5.74, 6) is 0. The molecular weight excluding hydrogens is 248 g/mol. The normalized spacial score (nSPS) is 36.3. The Labute approximate surface area is 124 Å². The highest BCUT2D eigenvalue weighted by Gasteiger charge is 2.32. The molecule has 0 unspecified atom stereocenters. The summed E-state index contributed by atoms with van der Waals surface area (Å²) in [4.78, 5) is 5.50. The van der Waals surface area contributed by atoms with Crippen LogP contribution in [0.3, 0.4) is 0 Å². The van der Waals surface area contributed by atoms with Crippen molar-refractivity contribution in [1.82, 2.24) is 9.80 Å². The number of ether oxygens (including phenoxy) is 1. The standard InChI is InChI=1S/C17H32N2O/c1-14-12-19(13-15(2)20-14)17-8-10-18(11-9-17)16-6-4-3-5-7-16/h14-17H,3-13H2,1-2H3/t14-,15-/m1/s1. The molecule has 0 aromatic rings. The molecule has 0 amide bonds. The van der Waals surface area contributed by atoms with Crippen LogP contribution < -0.4 is 0 Å². The van der Waals surface area contributed by atoms with Crippen molar-refractivity contribution in [2.75, 3.05) is 26.2 Å². The number of nitrogens with zero attached hydrogens (tertiary/aromatic N) is 2. The molecule has 0 aromatic heterocycles. The molecule has 1 saturated carbocycles. The van der Waals surface area contributed by atoms with E-state index >= 15 is 0 Å². The fraction of sp³-hybridized carbons (Fsp3) is 1.00. The Balaban J connectivity index is 1.48. The van der Waals surface area contributed by atoms with Crippen LogP contribution in [-0.4, -0.2) is 60.3 Å². The molecule has 20 heavy (non-hydrogen) atoms. The lowest BCUT2D eigenvalue weighted by molar-refractivity contribution is -0.0877. The van der Waals surface area contributed by atoms with Gasteiger partial charge in [0.25, 0.3) is 0 Å². The second-order valence-corrected chi connectivity index (χ2v) is 7.27. The maximum Gasteiger partial charge on any atom is 0.0678 e. The Morgan fingerprint density at radius 3 is 1.85 bits per heavy atom. The Morgan fingerprint density at radius 2 is 1.25 bits per heavy atom. The smallest absolute Gasteiger partial charge is 0.0678 e. The van der Waals surface area contributed by atoms with E-state index in [1.807, 2.05) is 0 Å². The van der Waals surface area contributed by atoms with Crippen molar-refractivity contribution in [2.45, 2.75) is 83.1 Å². The van der Waals surface area contributed by atoms with Crippen molar-refractivity contribution in [3.63, 3.8) is 0 Å². The Hall–Kier alpha value is -0.120. The van der Waals surface area contributed by atoms with Gasteiger partial charge in [0, 0.05) is 25.2 Å². The largest absolute Gasteiger partial charge is 0.373 e. The molecule has 2 atom stereocenters. The number of likely N-dealkylation sites (tertiary alicyclic amines) is 1. The summed E-state index contributed by atoms with van der Waals surface area (Å²) in [6.45, 7) is 9.38. The van der Waals surface area contributed by atoms with E-state index in [9.17, 15) is 0 Å². The predicted molar refractivity (Wildman–Crippen MR) is 83.1 cm³/mol. The zero-order valence-corrected chi connectivity index (χ0v) is 13.4. The van der Waals surface area contributed by atoms with Crippen molar-refractivity contribution >= 4 is 0 Å². The minimum Gasteiger partial charge on any atom is -0.373 e. The number of hydrogen-bond donors (Lipinski definition) is 0. The molecule has 0 spiro atoms. The SMILES string of the molecule is C[C@@H]1CN(C2CCN(C3CCCCC3)CC2)C[C@@H](C)O1. The summed E-state index contributed by atoms with van der Waals surface area (Å²) in [5.41, 5.74) is 0. The lowest BCUT2D eigenvalue weighted by Gasteiger charge is -2.45. The first-order valence-electron chi connectivity index (χ1n) is 8.86. The highest BCUT2D eigenvalue weighted by Crippen LogP contribution is 2.27. The quantitative estimate of drug-likeness (QED) is 0.773. The van der Waals surface area contributed by atoms with Crippen LogP contribution in [0.15, 0.2) is 0 Å². The van der Waals surface area contributed by atoms with E-state index in [-0.39, 0.29) is 0 Å². The van der Waals surface area contributed by atoms with Crippen molar-refractivity contribution in [1.29, 1.82) is 0 Å². The van der Waals surface area contributed by atoms with Crippen LogP contribution in [0.25, 0.3) is 0 Å². The van der Waals surface area contributed by atoms with Crippen LogP contribution in [0.2, 0.25) is 0 Å². The fourth-order valence-electron chi connectivity index (χ4n) is 4.58. The van der Waals surface area contributed by atoms with Crippen LogP contribution in [0.5, 0.6) is 0 Å². The lowest BCUT2D eigenvalue weighted by Crippen LogP contribution is -2.54. The number of hydrogen-bond acceptors (Lipinski definition) is 3. The Morgan fingerprint density at radius 1 is 0.700 bits per heavy atom. The zero-order valence-electron chi connectivity index (χ0n) is 13.4. The van der Waals surface area contributed by atoms with Gasteiger partial charge in [0.15, 0.2) is 0 Å². The highest BCUT2D eigenvalue weighted by molar-refractivity contribution is 4.87. The number of morpholine rings is 1. The fourth-order valence-corrected chi connectivity index (χ4v) is 4.58. The van der Waals surface area contributed by atoms with Gasteiger partial charge < -0.3 is 9.64 Å². The average molecular weight is 280 g/mol. The van der Waals surface area contributed by atoms with E-state index in [0.717, 1.165) is 25.2 Å². The van der Waals surface area contributed by atoms with E-state index in [1.165, 1.54) is 58.0 Å². The van der Waals surface area contributed by atoms with Crippen molar-refractivity contribution in [3.8, 4) is 0 Å². The van der Waals surface area contributed by atoms with Crippen LogP contribution in [0.1, 0.15) is 58.8 Å². The maximum absolute atomic E-state index is 5.87. The van der Waals surface area contributed by atoms with Crippen molar-refractivity contribution in [2.24, 2.45) is 0 Å². The van der Waals surface area contributed by atoms with Gasteiger partial charge in [-0.1, -0.05) is 19.3 Å². The third kappa shape index (κ3) is 3.55. The molecule has 3 nitrogen and oxygen atoms in total. The molecule has 0 radical (unpaired) electrons. The summed E-state index contributed by atoms with van der Waals surface area (Å²) in [7, 11) is 0. The molecule has 0 bridgehead atoms. The molecule has 3 aliphatic rings. The summed E-state index contributed by atoms with van der Waals surface area (Å²) in [6, 6.07) is 1.72. The molecule has 3 fully saturated rings. The molecule has 3 heteroatoms. The molecular formula is C17H32N2O. The summed E-state index contributed by atoms with van der Waals surface area (Å²) in [6.07, 6.45) is 10.9. The zero-order chi connectivity index (χ0) is 13.9. The van der Waals surface area contributed by atoms with Gasteiger partial charge >= 0.3 is 0 Å².